The van der Waals surface area contributed by atoms with Gasteiger partial charge in [0, 0.05) is 34.9 Å². The number of hydrogen-bond donors (Lipinski definition) is 3. The monoisotopic (exact) mass is 573 g/mol. The van der Waals surface area contributed by atoms with E-state index in [1.165, 1.54) is 48.0 Å². The summed E-state index contributed by atoms with van der Waals surface area (Å²) in [6, 6.07) is 17.1. The van der Waals surface area contributed by atoms with Crippen molar-refractivity contribution in [1.29, 1.82) is 0 Å². The smallest absolute Gasteiger partial charge is 0.0478 e. The van der Waals surface area contributed by atoms with E-state index in [1.807, 2.05) is 12.1 Å². The van der Waals surface area contributed by atoms with Crippen LogP contribution in [0.3, 0.4) is 0 Å². The van der Waals surface area contributed by atoms with E-state index in [0.29, 0.717) is 17.1 Å². The minimum atomic E-state index is 0.268. The number of thioether (sulfide) groups is 1. The van der Waals surface area contributed by atoms with Crippen LogP contribution < -0.4 is 16.4 Å². The van der Waals surface area contributed by atoms with Crippen molar-refractivity contribution in [2.75, 3.05) is 17.6 Å². The second-order valence-corrected chi connectivity index (χ2v) is 13.6. The summed E-state index contributed by atoms with van der Waals surface area (Å²) in [5, 5.41) is 7.83. The molecule has 3 rings (SSSR count). The average Bonchev–Trinajstić information content (AvgIpc) is 3.44. The van der Waals surface area contributed by atoms with Crippen molar-refractivity contribution in [2.45, 2.75) is 97.8 Å². The quantitative estimate of drug-likeness (QED) is 0.138. The molecule has 0 amide bonds. The van der Waals surface area contributed by atoms with Gasteiger partial charge in [-0.1, -0.05) is 96.4 Å². The van der Waals surface area contributed by atoms with Gasteiger partial charge in [-0.3, -0.25) is 0 Å². The highest BCUT2D eigenvalue weighted by Gasteiger charge is 2.32. The van der Waals surface area contributed by atoms with Crippen LogP contribution >= 0.6 is 11.8 Å². The molecule has 0 aliphatic carbocycles. The van der Waals surface area contributed by atoms with Crippen LogP contribution in [0.15, 0.2) is 83.4 Å². The van der Waals surface area contributed by atoms with Gasteiger partial charge < -0.3 is 16.4 Å². The SMILES string of the molecule is C=C(CCc1ccc(N)cc1)/C(C)=C(\SC1CNC(C(=C)Nc2cccc(C)c2)C1)C(C)C(C)C(CC)CCCC. The number of hydrogen-bond acceptors (Lipinski definition) is 4. The molecular formula is C37H55N3S. The zero-order valence-electron chi connectivity index (χ0n) is 26.6. The molecule has 1 aliphatic heterocycles. The zero-order valence-corrected chi connectivity index (χ0v) is 27.4. The average molecular weight is 574 g/mol. The Morgan fingerprint density at radius 3 is 2.51 bits per heavy atom. The molecule has 1 heterocycles. The molecule has 0 radical (unpaired) electrons. The first-order valence-electron chi connectivity index (χ1n) is 15.8. The van der Waals surface area contributed by atoms with E-state index in [2.05, 4.69) is 113 Å². The fraction of sp³-hybridized carbons (Fsp3) is 0.514. The van der Waals surface area contributed by atoms with E-state index in [-0.39, 0.29) is 6.04 Å². The van der Waals surface area contributed by atoms with Crippen molar-refractivity contribution in [3.63, 3.8) is 0 Å². The number of benzene rings is 2. The number of nitrogens with one attached hydrogen (secondary N) is 2. The Hall–Kier alpha value is -2.43. The summed E-state index contributed by atoms with van der Waals surface area (Å²) in [7, 11) is 0. The van der Waals surface area contributed by atoms with Gasteiger partial charge in [0.15, 0.2) is 0 Å². The summed E-state index contributed by atoms with van der Waals surface area (Å²) in [5.74, 6) is 1.89. The minimum Gasteiger partial charge on any atom is -0.399 e. The van der Waals surface area contributed by atoms with Crippen molar-refractivity contribution in [3.05, 3.63) is 94.6 Å². The van der Waals surface area contributed by atoms with Gasteiger partial charge in [0.05, 0.1) is 0 Å². The molecule has 1 fully saturated rings. The summed E-state index contributed by atoms with van der Waals surface area (Å²) in [5.41, 5.74) is 14.1. The zero-order chi connectivity index (χ0) is 29.9. The van der Waals surface area contributed by atoms with Crippen LogP contribution in [-0.4, -0.2) is 17.8 Å². The maximum absolute atomic E-state index is 5.91. The maximum atomic E-state index is 5.91. The number of anilines is 2. The highest BCUT2D eigenvalue weighted by molar-refractivity contribution is 8.03. The van der Waals surface area contributed by atoms with Gasteiger partial charge in [0.2, 0.25) is 0 Å². The summed E-state index contributed by atoms with van der Waals surface area (Å²) in [4.78, 5) is 1.54. The molecule has 0 spiro atoms. The van der Waals surface area contributed by atoms with Gasteiger partial charge >= 0.3 is 0 Å². The van der Waals surface area contributed by atoms with E-state index < -0.39 is 0 Å². The van der Waals surface area contributed by atoms with Crippen LogP contribution in [0.25, 0.3) is 0 Å². The largest absolute Gasteiger partial charge is 0.399 e. The Morgan fingerprint density at radius 2 is 1.85 bits per heavy atom. The lowest BCUT2D eigenvalue weighted by Crippen LogP contribution is -2.26. The van der Waals surface area contributed by atoms with Gasteiger partial charge in [-0.05, 0) is 96.7 Å². The van der Waals surface area contributed by atoms with Crippen LogP contribution in [0.1, 0.15) is 84.3 Å². The van der Waals surface area contributed by atoms with E-state index in [1.54, 1.807) is 4.91 Å². The second kappa shape index (κ2) is 16.3. The molecule has 3 nitrogen and oxygen atoms in total. The molecule has 0 aromatic heterocycles. The molecule has 5 atom stereocenters. The summed E-state index contributed by atoms with van der Waals surface area (Å²) >= 11 is 2.10. The first kappa shape index (κ1) is 33.1. The van der Waals surface area contributed by atoms with E-state index >= 15 is 0 Å². The van der Waals surface area contributed by atoms with Crippen LogP contribution in [0.2, 0.25) is 0 Å². The predicted octanol–water partition coefficient (Wildman–Crippen LogP) is 9.92. The molecule has 4 N–H and O–H groups in total. The Labute approximate surface area is 255 Å². The number of allylic oxidation sites excluding steroid dienone is 3. The summed E-state index contributed by atoms with van der Waals surface area (Å²) in [6.07, 6.45) is 8.19. The number of nitrogens with two attached hydrogens (primary N) is 1. The molecule has 4 heteroatoms. The Bertz CT molecular complexity index is 1160. The van der Waals surface area contributed by atoms with E-state index in [4.69, 9.17) is 5.73 Å². The third-order valence-corrected chi connectivity index (χ3v) is 10.7. The topological polar surface area (TPSA) is 50.1 Å². The summed E-state index contributed by atoms with van der Waals surface area (Å²) in [6.45, 7) is 24.1. The van der Waals surface area contributed by atoms with Gasteiger partial charge in [0.25, 0.3) is 0 Å². The Kier molecular flexibility index (Phi) is 13.1. The number of rotatable bonds is 16. The third-order valence-electron chi connectivity index (χ3n) is 9.12. The lowest BCUT2D eigenvalue weighted by atomic mass is 9.78. The third kappa shape index (κ3) is 9.82. The summed E-state index contributed by atoms with van der Waals surface area (Å²) < 4.78 is 0. The van der Waals surface area contributed by atoms with Crippen LogP contribution in [-0.2, 0) is 6.42 Å². The molecule has 2 aromatic rings. The fourth-order valence-electron chi connectivity index (χ4n) is 6.06. The maximum Gasteiger partial charge on any atom is 0.0478 e. The molecule has 2 aromatic carbocycles. The molecular weight excluding hydrogens is 518 g/mol. The van der Waals surface area contributed by atoms with Crippen molar-refractivity contribution >= 4 is 23.1 Å². The van der Waals surface area contributed by atoms with Gasteiger partial charge in [0.1, 0.15) is 0 Å². The van der Waals surface area contributed by atoms with Crippen LogP contribution in [0.5, 0.6) is 0 Å². The lowest BCUT2D eigenvalue weighted by Gasteiger charge is -2.32. The van der Waals surface area contributed by atoms with E-state index in [0.717, 1.165) is 48.8 Å². The van der Waals surface area contributed by atoms with Crippen LogP contribution in [0, 0.1) is 24.7 Å². The molecule has 0 bridgehead atoms. The number of aryl methyl sites for hydroxylation is 2. The Morgan fingerprint density at radius 1 is 1.12 bits per heavy atom. The molecule has 1 saturated heterocycles. The lowest BCUT2D eigenvalue weighted by molar-refractivity contribution is 0.265. The highest BCUT2D eigenvalue weighted by Crippen LogP contribution is 2.43. The molecule has 1 aliphatic rings. The number of unbranched alkanes of at least 4 members (excludes halogenated alkanes) is 1. The predicted molar refractivity (Wildman–Crippen MR) is 184 cm³/mol. The fourth-order valence-corrected chi connectivity index (χ4v) is 7.64. The van der Waals surface area contributed by atoms with Gasteiger partial charge in [-0.2, -0.15) is 0 Å². The van der Waals surface area contributed by atoms with E-state index in [9.17, 15) is 0 Å². The van der Waals surface area contributed by atoms with Crippen molar-refractivity contribution in [3.8, 4) is 0 Å². The standard InChI is InChI=1S/C37H55N3S/c1-9-11-14-32(10-2)28(6)29(7)37(27(5)26(4)16-17-31-18-20-33(38)21-19-31)41-35-23-36(39-24-35)30(8)40-34-15-12-13-25(3)22-34/h12-13,15,18-22,28-29,32,35-36,39-40H,4,8-11,14,16-17,23-24,38H2,1-3,5-7H3/b37-27-. The molecule has 0 saturated carbocycles. The molecule has 5 unspecified atom stereocenters. The minimum absolute atomic E-state index is 0.268. The highest BCUT2D eigenvalue weighted by atomic mass is 32.2. The second-order valence-electron chi connectivity index (χ2n) is 12.2. The normalized spacial score (nSPS) is 19.8. The van der Waals surface area contributed by atoms with Gasteiger partial charge in [-0.25, -0.2) is 0 Å². The first-order valence-corrected chi connectivity index (χ1v) is 16.7. The van der Waals surface area contributed by atoms with Crippen molar-refractivity contribution in [2.24, 2.45) is 17.8 Å². The van der Waals surface area contributed by atoms with Crippen LogP contribution in [0.4, 0.5) is 11.4 Å². The van der Waals surface area contributed by atoms with Crippen molar-refractivity contribution in [1.82, 2.24) is 5.32 Å². The molecule has 41 heavy (non-hydrogen) atoms. The number of nitrogen functional groups attached to an aromatic ring is 1. The van der Waals surface area contributed by atoms with Crippen molar-refractivity contribution < 1.29 is 0 Å². The van der Waals surface area contributed by atoms with Gasteiger partial charge in [-0.15, -0.1) is 11.8 Å². The first-order chi connectivity index (χ1) is 19.6. The Balaban J connectivity index is 1.75. The molecule has 224 valence electrons.